The number of nitrogens with zero attached hydrogens (tertiary/aromatic N) is 1. The molecular formula is C17H17BrN2O. The quantitative estimate of drug-likeness (QED) is 0.884. The molecule has 2 N–H and O–H groups in total. The van der Waals surface area contributed by atoms with E-state index in [2.05, 4.69) is 22.0 Å². The summed E-state index contributed by atoms with van der Waals surface area (Å²) in [5.74, 6) is 0.707. The topological polar surface area (TPSA) is 59.0 Å². The summed E-state index contributed by atoms with van der Waals surface area (Å²) in [5, 5.41) is 8.83. The van der Waals surface area contributed by atoms with Gasteiger partial charge in [0.15, 0.2) is 0 Å². The van der Waals surface area contributed by atoms with E-state index in [1.54, 1.807) is 24.3 Å². The SMILES string of the molecule is CCC(N)C(Oc1ccc(C#N)cc1)c1ccccc1Br. The Morgan fingerprint density at radius 1 is 1.19 bits per heavy atom. The van der Waals surface area contributed by atoms with Crippen LogP contribution in [0, 0.1) is 11.3 Å². The number of nitrogens with two attached hydrogens (primary N) is 1. The lowest BCUT2D eigenvalue weighted by atomic mass is 10.0. The van der Waals surface area contributed by atoms with Crippen LogP contribution in [-0.4, -0.2) is 6.04 Å². The van der Waals surface area contributed by atoms with Crippen molar-refractivity contribution in [3.05, 3.63) is 64.1 Å². The van der Waals surface area contributed by atoms with Crippen LogP contribution in [0.3, 0.4) is 0 Å². The third kappa shape index (κ3) is 3.84. The summed E-state index contributed by atoms with van der Waals surface area (Å²) < 4.78 is 7.05. The van der Waals surface area contributed by atoms with E-state index in [0.29, 0.717) is 11.3 Å². The van der Waals surface area contributed by atoms with Crippen molar-refractivity contribution in [1.82, 2.24) is 0 Å². The first-order valence-corrected chi connectivity index (χ1v) is 7.61. The van der Waals surface area contributed by atoms with Crippen LogP contribution < -0.4 is 10.5 Å². The van der Waals surface area contributed by atoms with Crippen LogP contribution in [0.15, 0.2) is 53.0 Å². The molecule has 2 aromatic carbocycles. The highest BCUT2D eigenvalue weighted by Gasteiger charge is 2.22. The molecule has 2 atom stereocenters. The van der Waals surface area contributed by atoms with Crippen molar-refractivity contribution >= 4 is 15.9 Å². The van der Waals surface area contributed by atoms with E-state index in [-0.39, 0.29) is 12.1 Å². The lowest BCUT2D eigenvalue weighted by molar-refractivity contribution is 0.170. The molecule has 0 amide bonds. The van der Waals surface area contributed by atoms with Gasteiger partial charge in [-0.05, 0) is 36.8 Å². The average Bonchev–Trinajstić information content (AvgIpc) is 2.53. The van der Waals surface area contributed by atoms with Gasteiger partial charge in [-0.3, -0.25) is 0 Å². The zero-order chi connectivity index (χ0) is 15.2. The van der Waals surface area contributed by atoms with Gasteiger partial charge in [-0.15, -0.1) is 0 Å². The van der Waals surface area contributed by atoms with Gasteiger partial charge in [-0.2, -0.15) is 5.26 Å². The van der Waals surface area contributed by atoms with E-state index in [9.17, 15) is 0 Å². The Balaban J connectivity index is 2.29. The van der Waals surface area contributed by atoms with Gasteiger partial charge in [0.25, 0.3) is 0 Å². The number of ether oxygens (including phenoxy) is 1. The third-order valence-electron chi connectivity index (χ3n) is 3.32. The maximum Gasteiger partial charge on any atom is 0.140 e. The van der Waals surface area contributed by atoms with Gasteiger partial charge in [0.2, 0.25) is 0 Å². The fraction of sp³-hybridized carbons (Fsp3) is 0.235. The largest absolute Gasteiger partial charge is 0.484 e. The van der Waals surface area contributed by atoms with Crippen LogP contribution in [0.25, 0.3) is 0 Å². The van der Waals surface area contributed by atoms with Crippen LogP contribution >= 0.6 is 15.9 Å². The maximum absolute atomic E-state index is 8.83. The Bertz CT molecular complexity index is 634. The highest BCUT2D eigenvalue weighted by Crippen LogP contribution is 2.30. The van der Waals surface area contributed by atoms with Gasteiger partial charge < -0.3 is 10.5 Å². The van der Waals surface area contributed by atoms with Crippen molar-refractivity contribution in [1.29, 1.82) is 5.26 Å². The smallest absolute Gasteiger partial charge is 0.140 e. The third-order valence-corrected chi connectivity index (χ3v) is 4.04. The highest BCUT2D eigenvalue weighted by atomic mass is 79.9. The second-order valence-electron chi connectivity index (χ2n) is 4.77. The van der Waals surface area contributed by atoms with Crippen LogP contribution in [0.5, 0.6) is 5.75 Å². The van der Waals surface area contributed by atoms with Crippen LogP contribution in [0.2, 0.25) is 0 Å². The molecule has 2 unspecified atom stereocenters. The lowest BCUT2D eigenvalue weighted by Crippen LogP contribution is -2.31. The van der Waals surface area contributed by atoms with E-state index in [1.807, 2.05) is 31.2 Å². The number of halogens is 1. The summed E-state index contributed by atoms with van der Waals surface area (Å²) >= 11 is 3.55. The zero-order valence-corrected chi connectivity index (χ0v) is 13.4. The van der Waals surface area contributed by atoms with E-state index in [1.165, 1.54) is 0 Å². The van der Waals surface area contributed by atoms with Gasteiger partial charge >= 0.3 is 0 Å². The molecule has 0 aliphatic rings. The number of benzene rings is 2. The van der Waals surface area contributed by atoms with Crippen molar-refractivity contribution in [3.63, 3.8) is 0 Å². The Morgan fingerprint density at radius 2 is 1.86 bits per heavy atom. The van der Waals surface area contributed by atoms with Crippen molar-refractivity contribution in [2.75, 3.05) is 0 Å². The molecule has 0 saturated heterocycles. The van der Waals surface area contributed by atoms with Gasteiger partial charge in [0, 0.05) is 16.1 Å². The minimum absolute atomic E-state index is 0.112. The number of nitriles is 1. The number of rotatable bonds is 5. The summed E-state index contributed by atoms with van der Waals surface area (Å²) in [6, 6.07) is 17.0. The fourth-order valence-corrected chi connectivity index (χ4v) is 2.57. The molecule has 2 aromatic rings. The van der Waals surface area contributed by atoms with Gasteiger partial charge in [0.1, 0.15) is 11.9 Å². The molecule has 0 spiro atoms. The minimum Gasteiger partial charge on any atom is -0.484 e. The summed E-state index contributed by atoms with van der Waals surface area (Å²) in [6.45, 7) is 2.04. The normalized spacial score (nSPS) is 13.2. The molecule has 0 heterocycles. The molecule has 0 saturated carbocycles. The maximum atomic E-state index is 8.83. The summed E-state index contributed by atoms with van der Waals surface area (Å²) in [5.41, 5.74) is 7.86. The van der Waals surface area contributed by atoms with Gasteiger partial charge in [-0.1, -0.05) is 41.1 Å². The Morgan fingerprint density at radius 3 is 2.43 bits per heavy atom. The monoisotopic (exact) mass is 344 g/mol. The molecule has 2 rings (SSSR count). The first-order valence-electron chi connectivity index (χ1n) is 6.82. The second-order valence-corrected chi connectivity index (χ2v) is 5.62. The molecule has 0 aliphatic heterocycles. The van der Waals surface area contributed by atoms with Crippen molar-refractivity contribution < 1.29 is 4.74 Å². The lowest BCUT2D eigenvalue weighted by Gasteiger charge is -2.25. The fourth-order valence-electron chi connectivity index (χ4n) is 2.06. The van der Waals surface area contributed by atoms with Crippen molar-refractivity contribution in [3.8, 4) is 11.8 Å². The molecule has 3 nitrogen and oxygen atoms in total. The number of hydrogen-bond donors (Lipinski definition) is 1. The van der Waals surface area contributed by atoms with E-state index in [0.717, 1.165) is 16.5 Å². The standard InChI is InChI=1S/C17H17BrN2O/c1-2-16(20)17(14-5-3-4-6-15(14)18)21-13-9-7-12(11-19)8-10-13/h3-10,16-17H,2,20H2,1H3. The molecule has 0 radical (unpaired) electrons. The molecular weight excluding hydrogens is 328 g/mol. The highest BCUT2D eigenvalue weighted by molar-refractivity contribution is 9.10. The predicted molar refractivity (Wildman–Crippen MR) is 86.9 cm³/mol. The van der Waals surface area contributed by atoms with Crippen LogP contribution in [0.4, 0.5) is 0 Å². The van der Waals surface area contributed by atoms with Crippen LogP contribution in [-0.2, 0) is 0 Å². The van der Waals surface area contributed by atoms with Crippen molar-refractivity contribution in [2.24, 2.45) is 5.73 Å². The Labute approximate surface area is 133 Å². The van der Waals surface area contributed by atoms with E-state index in [4.69, 9.17) is 15.7 Å². The summed E-state index contributed by atoms with van der Waals surface area (Å²) in [4.78, 5) is 0. The first kappa shape index (κ1) is 15.6. The molecule has 108 valence electrons. The van der Waals surface area contributed by atoms with Gasteiger partial charge in [0.05, 0.1) is 11.6 Å². The van der Waals surface area contributed by atoms with E-state index < -0.39 is 0 Å². The second kappa shape index (κ2) is 7.26. The summed E-state index contributed by atoms with van der Waals surface area (Å²) in [6.07, 6.45) is 0.570. The molecule has 4 heteroatoms. The first-order chi connectivity index (χ1) is 10.2. The van der Waals surface area contributed by atoms with Crippen molar-refractivity contribution in [2.45, 2.75) is 25.5 Å². The minimum atomic E-state index is -0.237. The Kier molecular flexibility index (Phi) is 5.38. The predicted octanol–water partition coefficient (Wildman–Crippen LogP) is 4.18. The summed E-state index contributed by atoms with van der Waals surface area (Å²) in [7, 11) is 0. The molecule has 0 aliphatic carbocycles. The molecule has 21 heavy (non-hydrogen) atoms. The molecule has 0 aromatic heterocycles. The average molecular weight is 345 g/mol. The Hall–Kier alpha value is -1.83. The molecule has 0 fully saturated rings. The zero-order valence-electron chi connectivity index (χ0n) is 11.8. The number of hydrogen-bond acceptors (Lipinski definition) is 3. The van der Waals surface area contributed by atoms with Gasteiger partial charge in [-0.25, -0.2) is 0 Å². The van der Waals surface area contributed by atoms with E-state index >= 15 is 0 Å². The van der Waals surface area contributed by atoms with Crippen LogP contribution in [0.1, 0.15) is 30.6 Å². The molecule has 0 bridgehead atoms.